The molecule has 4 nitrogen and oxygen atoms in total. The Balaban J connectivity index is 1.73. The van der Waals surface area contributed by atoms with Crippen molar-refractivity contribution in [3.63, 3.8) is 0 Å². The number of benzene rings is 1. The summed E-state index contributed by atoms with van der Waals surface area (Å²) in [5.74, 6) is 0.212. The second-order valence-electron chi connectivity index (χ2n) is 7.50. The number of carbonyl (C=O) groups is 1. The van der Waals surface area contributed by atoms with Crippen LogP contribution < -0.4 is 5.32 Å². The number of fused-ring (bicyclic) bond motifs is 2. The summed E-state index contributed by atoms with van der Waals surface area (Å²) in [6, 6.07) is 11.2. The highest BCUT2D eigenvalue weighted by molar-refractivity contribution is 5.96. The maximum Gasteiger partial charge on any atom is 0.256 e. The largest absolute Gasteiger partial charge is 0.331 e. The molecule has 2 aromatic rings. The van der Waals surface area contributed by atoms with Gasteiger partial charge in [0.05, 0.1) is 5.56 Å². The second-order valence-corrected chi connectivity index (χ2v) is 7.50. The van der Waals surface area contributed by atoms with Gasteiger partial charge in [0.15, 0.2) is 0 Å². The maximum absolute atomic E-state index is 13.4. The first-order chi connectivity index (χ1) is 12.1. The van der Waals surface area contributed by atoms with Gasteiger partial charge in [-0.05, 0) is 64.3 Å². The summed E-state index contributed by atoms with van der Waals surface area (Å²) < 4.78 is 2.22. The lowest BCUT2D eigenvalue weighted by Gasteiger charge is -2.28. The fraction of sp³-hybridized carbons (Fsp3) is 0.476. The van der Waals surface area contributed by atoms with Crippen LogP contribution in [-0.2, 0) is 0 Å². The van der Waals surface area contributed by atoms with Crippen LogP contribution in [0, 0.1) is 20.8 Å². The molecule has 1 aromatic carbocycles. The minimum atomic E-state index is 0.212. The van der Waals surface area contributed by atoms with E-state index >= 15 is 0 Å². The molecule has 4 heteroatoms. The molecule has 2 aliphatic heterocycles. The van der Waals surface area contributed by atoms with Crippen molar-refractivity contribution >= 4 is 5.91 Å². The first kappa shape index (κ1) is 16.4. The maximum atomic E-state index is 13.4. The number of para-hydroxylation sites is 1. The standard InChI is InChI=1S/C21H27N3O/c1-14-6-4-5-7-20(14)23-15(2)12-19(16(23)3)21(25)24-17-8-9-18(24)13-22-11-10-17/h4-7,12,17-18,22H,8-11,13H2,1-3H3. The summed E-state index contributed by atoms with van der Waals surface area (Å²) in [6.45, 7) is 8.24. The number of hydrogen-bond donors (Lipinski definition) is 1. The SMILES string of the molecule is Cc1ccccc1-n1c(C)cc(C(=O)N2C3CCNCC2CC3)c1C. The van der Waals surface area contributed by atoms with Crippen LogP contribution in [0.4, 0.5) is 0 Å². The van der Waals surface area contributed by atoms with Gasteiger partial charge in [0, 0.05) is 35.7 Å². The Kier molecular flexibility index (Phi) is 4.16. The van der Waals surface area contributed by atoms with Crippen molar-refractivity contribution in [2.45, 2.75) is 52.1 Å². The quantitative estimate of drug-likeness (QED) is 0.912. The second kappa shape index (κ2) is 6.34. The zero-order chi connectivity index (χ0) is 17.6. The van der Waals surface area contributed by atoms with Crippen molar-refractivity contribution < 1.29 is 4.79 Å². The number of amides is 1. The van der Waals surface area contributed by atoms with Crippen molar-refractivity contribution in [3.8, 4) is 5.69 Å². The summed E-state index contributed by atoms with van der Waals surface area (Å²) >= 11 is 0. The molecule has 1 N–H and O–H groups in total. The van der Waals surface area contributed by atoms with Crippen molar-refractivity contribution in [2.75, 3.05) is 13.1 Å². The Bertz CT molecular complexity index is 793. The van der Waals surface area contributed by atoms with Gasteiger partial charge in [-0.3, -0.25) is 4.79 Å². The summed E-state index contributed by atoms with van der Waals surface area (Å²) in [7, 11) is 0. The van der Waals surface area contributed by atoms with Crippen LogP contribution in [0.1, 0.15) is 46.6 Å². The third-order valence-electron chi connectivity index (χ3n) is 5.91. The van der Waals surface area contributed by atoms with Crippen LogP contribution in [-0.4, -0.2) is 40.5 Å². The minimum Gasteiger partial charge on any atom is -0.331 e. The number of nitrogens with zero attached hydrogens (tertiary/aromatic N) is 2. The fourth-order valence-corrected chi connectivity index (χ4v) is 4.62. The predicted octanol–water partition coefficient (Wildman–Crippen LogP) is 3.37. The first-order valence-corrected chi connectivity index (χ1v) is 9.36. The highest BCUT2D eigenvalue weighted by Crippen LogP contribution is 2.32. The molecule has 0 saturated carbocycles. The van der Waals surface area contributed by atoms with E-state index in [-0.39, 0.29) is 5.91 Å². The molecule has 2 atom stereocenters. The molecule has 1 amide bonds. The molecule has 0 aliphatic carbocycles. The Morgan fingerprint density at radius 2 is 1.84 bits per heavy atom. The minimum absolute atomic E-state index is 0.212. The van der Waals surface area contributed by atoms with Crippen LogP contribution in [0.25, 0.3) is 5.69 Å². The van der Waals surface area contributed by atoms with Crippen LogP contribution >= 0.6 is 0 Å². The molecule has 2 bridgehead atoms. The van der Waals surface area contributed by atoms with E-state index < -0.39 is 0 Å². The van der Waals surface area contributed by atoms with Gasteiger partial charge < -0.3 is 14.8 Å². The zero-order valence-electron chi connectivity index (χ0n) is 15.4. The lowest BCUT2D eigenvalue weighted by atomic mass is 10.1. The van der Waals surface area contributed by atoms with Gasteiger partial charge in [0.2, 0.25) is 0 Å². The lowest BCUT2D eigenvalue weighted by Crippen LogP contribution is -2.42. The molecule has 2 unspecified atom stereocenters. The summed E-state index contributed by atoms with van der Waals surface area (Å²) in [5.41, 5.74) is 5.42. The number of aryl methyl sites for hydroxylation is 2. The van der Waals surface area contributed by atoms with Crippen LogP contribution in [0.2, 0.25) is 0 Å². The van der Waals surface area contributed by atoms with Gasteiger partial charge >= 0.3 is 0 Å². The summed E-state index contributed by atoms with van der Waals surface area (Å²) in [6.07, 6.45) is 3.34. The Hall–Kier alpha value is -2.07. The van der Waals surface area contributed by atoms with E-state index in [0.29, 0.717) is 12.1 Å². The van der Waals surface area contributed by atoms with Gasteiger partial charge in [0.1, 0.15) is 0 Å². The average molecular weight is 337 g/mol. The smallest absolute Gasteiger partial charge is 0.256 e. The summed E-state index contributed by atoms with van der Waals surface area (Å²) in [4.78, 5) is 15.6. The third kappa shape index (κ3) is 2.69. The van der Waals surface area contributed by atoms with Crippen molar-refractivity contribution in [3.05, 3.63) is 52.8 Å². The third-order valence-corrected chi connectivity index (χ3v) is 5.91. The van der Waals surface area contributed by atoms with Gasteiger partial charge in [-0.2, -0.15) is 0 Å². The van der Waals surface area contributed by atoms with Crippen molar-refractivity contribution in [1.82, 2.24) is 14.8 Å². The highest BCUT2D eigenvalue weighted by atomic mass is 16.2. The number of rotatable bonds is 2. The van der Waals surface area contributed by atoms with E-state index in [1.54, 1.807) is 0 Å². The monoisotopic (exact) mass is 337 g/mol. The number of carbonyl (C=O) groups excluding carboxylic acids is 1. The molecule has 132 valence electrons. The molecule has 2 saturated heterocycles. The van der Waals surface area contributed by atoms with E-state index in [1.165, 1.54) is 5.56 Å². The predicted molar refractivity (Wildman–Crippen MR) is 100 cm³/mol. The molecule has 1 aromatic heterocycles. The fourth-order valence-electron chi connectivity index (χ4n) is 4.62. The Morgan fingerprint density at radius 1 is 1.08 bits per heavy atom. The van der Waals surface area contributed by atoms with Gasteiger partial charge in [-0.15, -0.1) is 0 Å². The van der Waals surface area contributed by atoms with Crippen LogP contribution in [0.3, 0.4) is 0 Å². The average Bonchev–Trinajstić information content (AvgIpc) is 3.02. The lowest BCUT2D eigenvalue weighted by molar-refractivity contribution is 0.0679. The highest BCUT2D eigenvalue weighted by Gasteiger charge is 2.39. The van der Waals surface area contributed by atoms with Crippen LogP contribution in [0.5, 0.6) is 0 Å². The molecular formula is C21H27N3O. The van der Waals surface area contributed by atoms with Crippen molar-refractivity contribution in [1.29, 1.82) is 0 Å². The zero-order valence-corrected chi connectivity index (χ0v) is 15.4. The molecule has 2 fully saturated rings. The van der Waals surface area contributed by atoms with Gasteiger partial charge in [-0.25, -0.2) is 0 Å². The van der Waals surface area contributed by atoms with Gasteiger partial charge in [0.25, 0.3) is 5.91 Å². The molecule has 25 heavy (non-hydrogen) atoms. The van der Waals surface area contributed by atoms with E-state index in [2.05, 4.69) is 65.9 Å². The molecule has 0 spiro atoms. The first-order valence-electron chi connectivity index (χ1n) is 9.36. The van der Waals surface area contributed by atoms with Crippen molar-refractivity contribution in [2.24, 2.45) is 0 Å². The molecule has 2 aliphatic rings. The molecular weight excluding hydrogens is 310 g/mol. The Morgan fingerprint density at radius 3 is 2.64 bits per heavy atom. The summed E-state index contributed by atoms with van der Waals surface area (Å²) in [5, 5.41) is 3.48. The van der Waals surface area contributed by atoms with E-state index in [4.69, 9.17) is 0 Å². The van der Waals surface area contributed by atoms with Gasteiger partial charge in [-0.1, -0.05) is 18.2 Å². The normalized spacial score (nSPS) is 22.9. The Labute approximate surface area is 149 Å². The van der Waals surface area contributed by atoms with E-state index in [9.17, 15) is 4.79 Å². The van der Waals surface area contributed by atoms with E-state index in [0.717, 1.165) is 55.0 Å². The molecule has 0 radical (unpaired) electrons. The number of aromatic nitrogens is 1. The van der Waals surface area contributed by atoms with Crippen LogP contribution in [0.15, 0.2) is 30.3 Å². The molecule has 3 heterocycles. The number of hydrogen-bond acceptors (Lipinski definition) is 2. The molecule has 4 rings (SSSR count). The van der Waals surface area contributed by atoms with E-state index in [1.807, 2.05) is 0 Å². The number of nitrogens with one attached hydrogen (secondary N) is 1. The topological polar surface area (TPSA) is 37.3 Å².